The average molecular weight is 298 g/mol. The van der Waals surface area contributed by atoms with Gasteiger partial charge in [0.1, 0.15) is 0 Å². The number of anilines is 2. The van der Waals surface area contributed by atoms with Gasteiger partial charge in [-0.3, -0.25) is 0 Å². The van der Waals surface area contributed by atoms with Crippen molar-refractivity contribution in [1.29, 1.82) is 0 Å². The van der Waals surface area contributed by atoms with E-state index in [0.29, 0.717) is 11.0 Å². The Morgan fingerprint density at radius 2 is 1.95 bits per heavy atom. The summed E-state index contributed by atoms with van der Waals surface area (Å²) < 4.78 is 0. The summed E-state index contributed by atoms with van der Waals surface area (Å²) in [5.41, 5.74) is 6.61. The van der Waals surface area contributed by atoms with Gasteiger partial charge in [-0.15, -0.1) is 0 Å². The minimum atomic E-state index is 0.0246. The number of halogens is 2. The molecule has 1 atom stereocenters. The zero-order valence-electron chi connectivity index (χ0n) is 10.5. The van der Waals surface area contributed by atoms with Gasteiger partial charge in [0, 0.05) is 12.1 Å². The molecule has 5 nitrogen and oxygen atoms in total. The Bertz CT molecular complexity index is 570. The molecule has 100 valence electrons. The molecule has 1 heterocycles. The van der Waals surface area contributed by atoms with Gasteiger partial charge in [0.05, 0.1) is 6.04 Å². The first-order valence-corrected chi connectivity index (χ1v) is 6.38. The summed E-state index contributed by atoms with van der Waals surface area (Å²) in [6.07, 6.45) is 0. The molecule has 0 amide bonds. The number of benzene rings is 1. The Morgan fingerprint density at radius 3 is 2.58 bits per heavy atom. The highest BCUT2D eigenvalue weighted by molar-refractivity contribution is 6.30. The van der Waals surface area contributed by atoms with Crippen molar-refractivity contribution >= 4 is 35.1 Å². The van der Waals surface area contributed by atoms with E-state index in [-0.39, 0.29) is 17.3 Å². The number of nitrogens with two attached hydrogens (primary N) is 1. The van der Waals surface area contributed by atoms with Gasteiger partial charge >= 0.3 is 0 Å². The Kier molecular flexibility index (Phi) is 4.07. The molecule has 2 rings (SSSR count). The van der Waals surface area contributed by atoms with Gasteiger partial charge in [-0.1, -0.05) is 23.7 Å². The summed E-state index contributed by atoms with van der Waals surface area (Å²) in [7, 11) is 1.86. The van der Waals surface area contributed by atoms with Crippen LogP contribution < -0.4 is 10.6 Å². The van der Waals surface area contributed by atoms with Crippen LogP contribution >= 0.6 is 23.2 Å². The maximum Gasteiger partial charge on any atom is 0.231 e. The van der Waals surface area contributed by atoms with Crippen molar-refractivity contribution < 1.29 is 0 Å². The van der Waals surface area contributed by atoms with E-state index in [1.807, 2.05) is 43.1 Å². The molecule has 1 unspecified atom stereocenters. The summed E-state index contributed by atoms with van der Waals surface area (Å²) in [4.78, 5) is 13.7. The highest BCUT2D eigenvalue weighted by Gasteiger charge is 2.16. The van der Waals surface area contributed by atoms with Gasteiger partial charge in [-0.2, -0.15) is 15.0 Å². The van der Waals surface area contributed by atoms with Crippen molar-refractivity contribution in [2.75, 3.05) is 17.7 Å². The highest BCUT2D eigenvalue weighted by Crippen LogP contribution is 2.25. The first-order valence-electron chi connectivity index (χ1n) is 5.62. The van der Waals surface area contributed by atoms with Crippen LogP contribution in [0.15, 0.2) is 24.3 Å². The minimum absolute atomic E-state index is 0.0246. The maximum atomic E-state index is 5.99. The third kappa shape index (κ3) is 3.24. The molecule has 19 heavy (non-hydrogen) atoms. The minimum Gasteiger partial charge on any atom is -0.368 e. The van der Waals surface area contributed by atoms with Gasteiger partial charge in [-0.25, -0.2) is 0 Å². The molecule has 2 N–H and O–H groups in total. The fraction of sp³-hybridized carbons (Fsp3) is 0.250. The fourth-order valence-electron chi connectivity index (χ4n) is 1.68. The molecule has 0 aliphatic heterocycles. The standard InChI is InChI=1S/C12H13Cl2N5/c1-7(8-4-3-5-9(13)6-8)19(2)12-17-10(14)16-11(15)18-12/h3-7H,1-2H3,(H2,15,16,17,18). The number of aromatic nitrogens is 3. The molecule has 0 fully saturated rings. The van der Waals surface area contributed by atoms with Crippen LogP contribution in [0.4, 0.5) is 11.9 Å². The summed E-state index contributed by atoms with van der Waals surface area (Å²) in [5.74, 6) is 0.519. The SMILES string of the molecule is CC(c1cccc(Cl)c1)N(C)c1nc(N)nc(Cl)n1. The second kappa shape index (κ2) is 5.59. The average Bonchev–Trinajstić information content (AvgIpc) is 2.36. The second-order valence-corrected chi connectivity index (χ2v) is 4.88. The zero-order chi connectivity index (χ0) is 14.0. The van der Waals surface area contributed by atoms with Crippen molar-refractivity contribution in [2.24, 2.45) is 0 Å². The van der Waals surface area contributed by atoms with Crippen molar-refractivity contribution in [3.05, 3.63) is 40.1 Å². The molecule has 0 bridgehead atoms. The van der Waals surface area contributed by atoms with Crippen LogP contribution in [0, 0.1) is 0 Å². The molecule has 0 aliphatic carbocycles. The van der Waals surface area contributed by atoms with Crippen LogP contribution in [0.5, 0.6) is 0 Å². The van der Waals surface area contributed by atoms with Crippen molar-refractivity contribution in [1.82, 2.24) is 15.0 Å². The monoisotopic (exact) mass is 297 g/mol. The van der Waals surface area contributed by atoms with Gasteiger partial charge in [0.15, 0.2) is 0 Å². The van der Waals surface area contributed by atoms with Gasteiger partial charge in [-0.05, 0) is 36.2 Å². The lowest BCUT2D eigenvalue weighted by molar-refractivity contribution is 0.713. The predicted octanol–water partition coefficient (Wildman–Crippen LogP) is 2.96. The third-order valence-corrected chi connectivity index (χ3v) is 3.25. The molecule has 0 radical (unpaired) electrons. The number of rotatable bonds is 3. The molecule has 0 saturated heterocycles. The van der Waals surface area contributed by atoms with Crippen molar-refractivity contribution in [3.63, 3.8) is 0 Å². The molecule has 1 aromatic heterocycles. The first kappa shape index (κ1) is 13.8. The first-order chi connectivity index (χ1) is 8.97. The molecule has 0 spiro atoms. The lowest BCUT2D eigenvalue weighted by Gasteiger charge is -2.25. The van der Waals surface area contributed by atoms with Crippen LogP contribution in [-0.2, 0) is 0 Å². The van der Waals surface area contributed by atoms with Crippen LogP contribution in [0.2, 0.25) is 10.3 Å². The highest BCUT2D eigenvalue weighted by atomic mass is 35.5. The largest absolute Gasteiger partial charge is 0.368 e. The Hall–Kier alpha value is -1.59. The van der Waals surface area contributed by atoms with Crippen molar-refractivity contribution in [2.45, 2.75) is 13.0 Å². The normalized spacial score (nSPS) is 12.2. The zero-order valence-corrected chi connectivity index (χ0v) is 12.0. The van der Waals surface area contributed by atoms with E-state index in [0.717, 1.165) is 5.56 Å². The van der Waals surface area contributed by atoms with E-state index in [2.05, 4.69) is 15.0 Å². The molecule has 7 heteroatoms. The predicted molar refractivity (Wildman–Crippen MR) is 77.5 cm³/mol. The molecule has 0 saturated carbocycles. The summed E-state index contributed by atoms with van der Waals surface area (Å²) in [6, 6.07) is 7.64. The van der Waals surface area contributed by atoms with E-state index < -0.39 is 0 Å². The van der Waals surface area contributed by atoms with Gasteiger partial charge < -0.3 is 10.6 Å². The Morgan fingerprint density at radius 1 is 1.21 bits per heavy atom. The lowest BCUT2D eigenvalue weighted by Crippen LogP contribution is -2.24. The van der Waals surface area contributed by atoms with E-state index in [1.54, 1.807) is 0 Å². The Balaban J connectivity index is 2.30. The van der Waals surface area contributed by atoms with Crippen LogP contribution in [0.3, 0.4) is 0 Å². The van der Waals surface area contributed by atoms with Gasteiger partial charge in [0.25, 0.3) is 0 Å². The van der Waals surface area contributed by atoms with E-state index in [1.165, 1.54) is 0 Å². The summed E-state index contributed by atoms with van der Waals surface area (Å²) in [6.45, 7) is 2.01. The topological polar surface area (TPSA) is 67.9 Å². The molecular formula is C12H13Cl2N5. The van der Waals surface area contributed by atoms with E-state index >= 15 is 0 Å². The summed E-state index contributed by atoms with van der Waals surface area (Å²) in [5, 5.41) is 0.763. The third-order valence-electron chi connectivity index (χ3n) is 2.84. The van der Waals surface area contributed by atoms with Gasteiger partial charge in [0.2, 0.25) is 17.2 Å². The van der Waals surface area contributed by atoms with Crippen LogP contribution in [0.25, 0.3) is 0 Å². The van der Waals surface area contributed by atoms with E-state index in [4.69, 9.17) is 28.9 Å². The summed E-state index contributed by atoms with van der Waals surface area (Å²) >= 11 is 11.8. The number of hydrogen-bond donors (Lipinski definition) is 1. The van der Waals surface area contributed by atoms with Crippen LogP contribution in [0.1, 0.15) is 18.5 Å². The molecule has 2 aromatic rings. The molecular weight excluding hydrogens is 285 g/mol. The molecule has 1 aromatic carbocycles. The lowest BCUT2D eigenvalue weighted by atomic mass is 10.1. The van der Waals surface area contributed by atoms with Crippen LogP contribution in [-0.4, -0.2) is 22.0 Å². The van der Waals surface area contributed by atoms with Crippen molar-refractivity contribution in [3.8, 4) is 0 Å². The maximum absolute atomic E-state index is 5.99. The van der Waals surface area contributed by atoms with E-state index in [9.17, 15) is 0 Å². The number of nitrogens with zero attached hydrogens (tertiary/aromatic N) is 4. The quantitative estimate of drug-likeness (QED) is 0.943. The number of hydrogen-bond acceptors (Lipinski definition) is 5. The molecule has 0 aliphatic rings. The number of nitrogen functional groups attached to an aromatic ring is 1. The Labute approximate surface area is 121 Å². The smallest absolute Gasteiger partial charge is 0.231 e. The second-order valence-electron chi connectivity index (χ2n) is 4.10. The fourth-order valence-corrected chi connectivity index (χ4v) is 2.04.